The Kier molecular flexibility index (Phi) is 2.90. The van der Waals surface area contributed by atoms with E-state index >= 15 is 0 Å². The number of amides is 1. The largest absolute Gasteiger partial charge is 0.353 e. The van der Waals surface area contributed by atoms with Crippen LogP contribution in [0.3, 0.4) is 0 Å². The lowest BCUT2D eigenvalue weighted by Gasteiger charge is -2.52. The van der Waals surface area contributed by atoms with Crippen molar-refractivity contribution in [2.45, 2.75) is 63.8 Å². The Morgan fingerprint density at radius 2 is 2.22 bits per heavy atom. The van der Waals surface area contributed by atoms with Crippen LogP contribution in [-0.4, -0.2) is 35.2 Å². The Morgan fingerprint density at radius 3 is 2.94 bits per heavy atom. The maximum absolute atomic E-state index is 12.3. The molecule has 4 atom stereocenters. The van der Waals surface area contributed by atoms with Crippen molar-refractivity contribution in [2.75, 3.05) is 6.61 Å². The van der Waals surface area contributed by atoms with E-state index in [0.29, 0.717) is 24.9 Å². The van der Waals surface area contributed by atoms with Crippen LogP contribution in [0.5, 0.6) is 0 Å². The molecular formula is C14H24N2O2. The van der Waals surface area contributed by atoms with Crippen molar-refractivity contribution in [2.24, 2.45) is 17.6 Å². The highest BCUT2D eigenvalue weighted by atomic mass is 16.5. The normalized spacial score (nSPS) is 44.1. The van der Waals surface area contributed by atoms with Gasteiger partial charge in [0.15, 0.2) is 0 Å². The maximum atomic E-state index is 12.3. The molecule has 0 aromatic rings. The van der Waals surface area contributed by atoms with E-state index in [9.17, 15) is 4.79 Å². The van der Waals surface area contributed by atoms with Gasteiger partial charge in [-0.2, -0.15) is 0 Å². The zero-order valence-corrected chi connectivity index (χ0v) is 11.4. The van der Waals surface area contributed by atoms with Crippen LogP contribution in [0.1, 0.15) is 46.0 Å². The van der Waals surface area contributed by atoms with Gasteiger partial charge in [0.25, 0.3) is 0 Å². The first-order valence-corrected chi connectivity index (χ1v) is 7.26. The van der Waals surface area contributed by atoms with Crippen LogP contribution in [0.15, 0.2) is 0 Å². The average molecular weight is 252 g/mol. The molecule has 4 heteroatoms. The van der Waals surface area contributed by atoms with Gasteiger partial charge in [-0.05, 0) is 31.6 Å². The van der Waals surface area contributed by atoms with E-state index in [1.54, 1.807) is 0 Å². The number of carbonyl (C=O) groups is 1. The van der Waals surface area contributed by atoms with E-state index in [0.717, 1.165) is 25.7 Å². The van der Waals surface area contributed by atoms with Gasteiger partial charge in [-0.1, -0.05) is 13.8 Å². The lowest BCUT2D eigenvalue weighted by molar-refractivity contribution is -0.187. The Morgan fingerprint density at radius 1 is 1.44 bits per heavy atom. The van der Waals surface area contributed by atoms with Crippen molar-refractivity contribution in [1.82, 2.24) is 4.90 Å². The summed E-state index contributed by atoms with van der Waals surface area (Å²) in [6.45, 7) is 5.06. The lowest BCUT2D eigenvalue weighted by Crippen LogP contribution is -2.62. The standard InChI is InChI=1S/C14H24N2O2/c1-9(2)12-8-18-14-6-5-11(15)7-10(14)3-4-13(17)16(12)14/h9-12H,3-8,15H2,1-2H3/t10-,11+,12-,14-/m1/s1. The zero-order chi connectivity index (χ0) is 12.9. The van der Waals surface area contributed by atoms with Gasteiger partial charge < -0.3 is 15.4 Å². The fraction of sp³-hybridized carbons (Fsp3) is 0.929. The molecule has 2 heterocycles. The minimum absolute atomic E-state index is 0.259. The predicted molar refractivity (Wildman–Crippen MR) is 68.7 cm³/mol. The van der Waals surface area contributed by atoms with E-state index in [-0.39, 0.29) is 23.7 Å². The summed E-state index contributed by atoms with van der Waals surface area (Å²) in [5.74, 6) is 1.20. The summed E-state index contributed by atoms with van der Waals surface area (Å²) in [4.78, 5) is 14.4. The molecule has 0 aromatic heterocycles. The second-order valence-electron chi connectivity index (χ2n) is 6.50. The van der Waals surface area contributed by atoms with Gasteiger partial charge in [0.2, 0.25) is 5.91 Å². The number of carbonyl (C=O) groups excluding carboxylic acids is 1. The minimum atomic E-state index is -0.305. The number of ether oxygens (including phenoxy) is 1. The van der Waals surface area contributed by atoms with Crippen molar-refractivity contribution >= 4 is 5.91 Å². The number of nitrogens with two attached hydrogens (primary N) is 1. The fourth-order valence-electron chi connectivity index (χ4n) is 4.07. The average Bonchev–Trinajstić information content (AvgIpc) is 2.71. The molecular weight excluding hydrogens is 228 g/mol. The van der Waals surface area contributed by atoms with Crippen molar-refractivity contribution in [3.05, 3.63) is 0 Å². The molecule has 102 valence electrons. The van der Waals surface area contributed by atoms with Gasteiger partial charge in [-0.25, -0.2) is 0 Å². The summed E-state index contributed by atoms with van der Waals surface area (Å²) < 4.78 is 6.19. The van der Waals surface area contributed by atoms with Crippen LogP contribution in [0.2, 0.25) is 0 Å². The molecule has 2 saturated heterocycles. The second-order valence-corrected chi connectivity index (χ2v) is 6.50. The lowest BCUT2D eigenvalue weighted by atomic mass is 9.73. The highest BCUT2D eigenvalue weighted by molar-refractivity contribution is 5.78. The van der Waals surface area contributed by atoms with E-state index in [4.69, 9.17) is 10.5 Å². The van der Waals surface area contributed by atoms with Crippen molar-refractivity contribution in [1.29, 1.82) is 0 Å². The van der Waals surface area contributed by atoms with Gasteiger partial charge in [-0.15, -0.1) is 0 Å². The third kappa shape index (κ3) is 1.62. The van der Waals surface area contributed by atoms with Crippen LogP contribution >= 0.6 is 0 Å². The van der Waals surface area contributed by atoms with E-state index in [2.05, 4.69) is 18.7 Å². The monoisotopic (exact) mass is 252 g/mol. The summed E-state index contributed by atoms with van der Waals surface area (Å²) in [5.41, 5.74) is 5.79. The summed E-state index contributed by atoms with van der Waals surface area (Å²) in [6.07, 6.45) is 4.53. The number of hydrogen-bond acceptors (Lipinski definition) is 3. The van der Waals surface area contributed by atoms with E-state index < -0.39 is 0 Å². The van der Waals surface area contributed by atoms with Crippen LogP contribution in [-0.2, 0) is 9.53 Å². The molecule has 1 amide bonds. The fourth-order valence-corrected chi connectivity index (χ4v) is 4.07. The molecule has 4 nitrogen and oxygen atoms in total. The van der Waals surface area contributed by atoms with Crippen LogP contribution in [0.4, 0.5) is 0 Å². The van der Waals surface area contributed by atoms with Crippen LogP contribution < -0.4 is 5.73 Å². The maximum Gasteiger partial charge on any atom is 0.225 e. The number of hydrogen-bond donors (Lipinski definition) is 1. The first kappa shape index (κ1) is 12.4. The highest BCUT2D eigenvalue weighted by Crippen LogP contribution is 2.49. The van der Waals surface area contributed by atoms with E-state index in [1.165, 1.54) is 0 Å². The molecule has 18 heavy (non-hydrogen) atoms. The molecule has 2 aliphatic heterocycles. The Balaban J connectivity index is 1.93. The molecule has 0 unspecified atom stereocenters. The summed E-state index contributed by atoms with van der Waals surface area (Å²) in [7, 11) is 0. The Bertz CT molecular complexity index is 358. The van der Waals surface area contributed by atoms with Gasteiger partial charge in [0.05, 0.1) is 12.6 Å². The molecule has 1 spiro atoms. The zero-order valence-electron chi connectivity index (χ0n) is 11.4. The minimum Gasteiger partial charge on any atom is -0.353 e. The number of nitrogens with zero attached hydrogens (tertiary/aromatic N) is 1. The third-order valence-electron chi connectivity index (χ3n) is 5.09. The second kappa shape index (κ2) is 4.20. The molecule has 1 saturated carbocycles. The topological polar surface area (TPSA) is 55.6 Å². The number of rotatable bonds is 1. The van der Waals surface area contributed by atoms with E-state index in [1.807, 2.05) is 0 Å². The molecule has 1 aliphatic carbocycles. The molecule has 3 aliphatic rings. The van der Waals surface area contributed by atoms with Crippen molar-refractivity contribution in [3.63, 3.8) is 0 Å². The Hall–Kier alpha value is -0.610. The summed E-state index contributed by atoms with van der Waals surface area (Å²) >= 11 is 0. The van der Waals surface area contributed by atoms with Gasteiger partial charge in [0, 0.05) is 18.4 Å². The first-order chi connectivity index (χ1) is 8.54. The van der Waals surface area contributed by atoms with Crippen molar-refractivity contribution in [3.8, 4) is 0 Å². The van der Waals surface area contributed by atoms with Crippen molar-refractivity contribution < 1.29 is 9.53 Å². The van der Waals surface area contributed by atoms with Gasteiger partial charge in [-0.3, -0.25) is 4.79 Å². The van der Waals surface area contributed by atoms with Crippen LogP contribution in [0.25, 0.3) is 0 Å². The first-order valence-electron chi connectivity index (χ1n) is 7.26. The Labute approximate surface area is 109 Å². The molecule has 0 aromatic carbocycles. The third-order valence-corrected chi connectivity index (χ3v) is 5.09. The molecule has 3 fully saturated rings. The molecule has 0 radical (unpaired) electrons. The molecule has 3 rings (SSSR count). The predicted octanol–water partition coefficient (Wildman–Crippen LogP) is 1.49. The smallest absolute Gasteiger partial charge is 0.225 e. The van der Waals surface area contributed by atoms with Gasteiger partial charge in [0.1, 0.15) is 5.72 Å². The molecule has 0 bridgehead atoms. The molecule has 2 N–H and O–H groups in total. The highest BCUT2D eigenvalue weighted by Gasteiger charge is 2.58. The quantitative estimate of drug-likeness (QED) is 0.769. The summed E-state index contributed by atoms with van der Waals surface area (Å²) in [5, 5.41) is 0. The number of piperidine rings is 1. The van der Waals surface area contributed by atoms with Crippen LogP contribution in [0, 0.1) is 11.8 Å². The van der Waals surface area contributed by atoms with Gasteiger partial charge >= 0.3 is 0 Å². The summed E-state index contributed by atoms with van der Waals surface area (Å²) in [6, 6.07) is 0.548. The SMILES string of the molecule is CC(C)[C@H]1CO[C@]23CC[C@H](N)C[C@H]2CCC(=O)N13.